The van der Waals surface area contributed by atoms with Crippen LogP contribution in [0.25, 0.3) is 0 Å². The highest BCUT2D eigenvalue weighted by Crippen LogP contribution is 2.43. The average Bonchev–Trinajstić information content (AvgIpc) is 2.76. The number of hydrogen-bond acceptors (Lipinski definition) is 1. The second-order valence-corrected chi connectivity index (χ2v) is 5.73. The van der Waals surface area contributed by atoms with Crippen molar-refractivity contribution in [2.75, 3.05) is 7.11 Å². The quantitative estimate of drug-likeness (QED) is 0.717. The Morgan fingerprint density at radius 2 is 2.33 bits per heavy atom. The normalized spacial score (nSPS) is 27.2. The molecule has 0 amide bonds. The summed E-state index contributed by atoms with van der Waals surface area (Å²) in [5.41, 5.74) is 0. The Bertz CT molecular complexity index is 195. The molecule has 68 valence electrons. The van der Waals surface area contributed by atoms with Crippen molar-refractivity contribution in [2.45, 2.75) is 12.8 Å². The van der Waals surface area contributed by atoms with Crippen molar-refractivity contribution in [2.24, 2.45) is 11.8 Å². The molecular weight excluding hydrogens is 284 g/mol. The largest absolute Gasteiger partial charge is 0.505 e. The van der Waals surface area contributed by atoms with Gasteiger partial charge in [0, 0.05) is 0 Å². The van der Waals surface area contributed by atoms with Crippen LogP contribution in [0.4, 0.5) is 0 Å². The van der Waals surface area contributed by atoms with Crippen LogP contribution in [-0.4, -0.2) is 7.11 Å². The van der Waals surface area contributed by atoms with Crippen molar-refractivity contribution in [3.05, 3.63) is 21.8 Å². The molecule has 0 aromatic heterocycles. The third-order valence-corrected chi connectivity index (χ3v) is 2.66. The van der Waals surface area contributed by atoms with Crippen LogP contribution in [0.5, 0.6) is 0 Å². The molecule has 0 unspecified atom stereocenters. The zero-order valence-corrected chi connectivity index (χ0v) is 10.1. The molecule has 12 heavy (non-hydrogen) atoms. The number of methoxy groups -OCH3 is 1. The Morgan fingerprint density at radius 3 is 2.92 bits per heavy atom. The van der Waals surface area contributed by atoms with Gasteiger partial charge in [0.25, 0.3) is 0 Å². The third kappa shape index (κ3) is 3.76. The first-order valence-corrected chi connectivity index (χ1v) is 5.53. The maximum absolute atomic E-state index is 4.85. The molecule has 0 spiro atoms. The van der Waals surface area contributed by atoms with Crippen LogP contribution in [0.3, 0.4) is 0 Å². The first kappa shape index (κ1) is 10.3. The molecule has 0 aromatic rings. The van der Waals surface area contributed by atoms with E-state index >= 15 is 0 Å². The van der Waals surface area contributed by atoms with Crippen molar-refractivity contribution >= 4 is 31.9 Å². The van der Waals surface area contributed by atoms with E-state index in [9.17, 15) is 0 Å². The Hall–Kier alpha value is 0.240. The molecule has 0 heterocycles. The van der Waals surface area contributed by atoms with Crippen molar-refractivity contribution in [3.63, 3.8) is 0 Å². The molecular formula is C9H12Br2O. The van der Waals surface area contributed by atoms with Gasteiger partial charge in [-0.2, -0.15) is 0 Å². The Kier molecular flexibility index (Phi) is 4.36. The zero-order chi connectivity index (χ0) is 8.97. The summed E-state index contributed by atoms with van der Waals surface area (Å²) in [5.74, 6) is 1.56. The highest BCUT2D eigenvalue weighted by Gasteiger charge is 2.33. The van der Waals surface area contributed by atoms with Gasteiger partial charge >= 0.3 is 0 Å². The van der Waals surface area contributed by atoms with E-state index in [0.717, 1.165) is 21.6 Å². The molecule has 0 aromatic carbocycles. The average molecular weight is 296 g/mol. The fraction of sp³-hybridized carbons (Fsp3) is 0.556. The van der Waals surface area contributed by atoms with Crippen molar-refractivity contribution in [1.82, 2.24) is 0 Å². The second-order valence-electron chi connectivity index (χ2n) is 2.95. The molecule has 3 heteroatoms. The highest BCUT2D eigenvalue weighted by molar-refractivity contribution is 9.28. The van der Waals surface area contributed by atoms with E-state index in [1.807, 2.05) is 0 Å². The predicted octanol–water partition coefficient (Wildman–Crippen LogP) is 3.80. The molecule has 0 aliphatic heterocycles. The van der Waals surface area contributed by atoms with Crippen LogP contribution in [0, 0.1) is 11.8 Å². The van der Waals surface area contributed by atoms with Crippen molar-refractivity contribution in [3.8, 4) is 0 Å². The van der Waals surface area contributed by atoms with Gasteiger partial charge in [-0.25, -0.2) is 0 Å². The van der Waals surface area contributed by atoms with E-state index < -0.39 is 0 Å². The minimum absolute atomic E-state index is 0.737. The van der Waals surface area contributed by atoms with Gasteiger partial charge in [0.15, 0.2) is 0 Å². The van der Waals surface area contributed by atoms with E-state index in [2.05, 4.69) is 44.0 Å². The summed E-state index contributed by atoms with van der Waals surface area (Å²) in [6.45, 7) is 0. The summed E-state index contributed by atoms with van der Waals surface area (Å²) >= 11 is 6.68. The topological polar surface area (TPSA) is 9.23 Å². The van der Waals surface area contributed by atoms with Gasteiger partial charge in [0.1, 0.15) is 0 Å². The number of ether oxygens (including phenoxy) is 1. The van der Waals surface area contributed by atoms with Gasteiger partial charge in [-0.05, 0) is 62.6 Å². The Balaban J connectivity index is 2.16. The summed E-state index contributed by atoms with van der Waals surface area (Å²) in [4.78, 5) is 0. The van der Waals surface area contributed by atoms with Crippen molar-refractivity contribution in [1.29, 1.82) is 0 Å². The monoisotopic (exact) mass is 294 g/mol. The van der Waals surface area contributed by atoms with Gasteiger partial charge in [-0.1, -0.05) is 6.08 Å². The molecule has 1 fully saturated rings. The van der Waals surface area contributed by atoms with Crippen LogP contribution in [-0.2, 0) is 4.74 Å². The number of hydrogen-bond donors (Lipinski definition) is 0. The highest BCUT2D eigenvalue weighted by atomic mass is 79.9. The van der Waals surface area contributed by atoms with E-state index in [-0.39, 0.29) is 0 Å². The molecule has 1 rings (SSSR count). The van der Waals surface area contributed by atoms with E-state index in [1.165, 1.54) is 6.42 Å². The van der Waals surface area contributed by atoms with Crippen molar-refractivity contribution < 1.29 is 4.74 Å². The first-order valence-electron chi connectivity index (χ1n) is 3.94. The summed E-state index contributed by atoms with van der Waals surface area (Å²) < 4.78 is 5.90. The molecule has 1 saturated carbocycles. The molecule has 0 radical (unpaired) electrons. The lowest BCUT2D eigenvalue weighted by atomic mass is 10.2. The molecule has 0 bridgehead atoms. The van der Waals surface area contributed by atoms with E-state index in [1.54, 1.807) is 13.4 Å². The predicted molar refractivity (Wildman–Crippen MR) is 58.3 cm³/mol. The maximum Gasteiger partial charge on any atom is 0.0787 e. The van der Waals surface area contributed by atoms with Gasteiger partial charge in [0.2, 0.25) is 0 Å². The summed E-state index contributed by atoms with van der Waals surface area (Å²) in [6.07, 6.45) is 8.51. The lowest BCUT2D eigenvalue weighted by Gasteiger charge is -1.89. The van der Waals surface area contributed by atoms with Crippen LogP contribution in [0.1, 0.15) is 12.8 Å². The fourth-order valence-electron chi connectivity index (χ4n) is 1.20. The maximum atomic E-state index is 4.85. The van der Waals surface area contributed by atoms with Gasteiger partial charge in [-0.15, -0.1) is 0 Å². The van der Waals surface area contributed by atoms with Gasteiger partial charge in [0.05, 0.1) is 16.8 Å². The van der Waals surface area contributed by atoms with E-state index in [0.29, 0.717) is 0 Å². The molecule has 0 N–H and O–H groups in total. The van der Waals surface area contributed by atoms with Gasteiger partial charge < -0.3 is 4.74 Å². The standard InChI is InChI=1S/C9H12Br2O/c1-12-5-4-8-6-7(8)2-3-9(10)11/h3-5,7-8H,2,6H2,1H3/t7-,8+/m0/s1. The minimum atomic E-state index is 0.737. The SMILES string of the molecule is COC=C[C@@H]1C[C@@H]1CC=C(Br)Br. The Morgan fingerprint density at radius 1 is 1.58 bits per heavy atom. The number of rotatable bonds is 4. The van der Waals surface area contributed by atoms with Crippen LogP contribution >= 0.6 is 31.9 Å². The fourth-order valence-corrected chi connectivity index (χ4v) is 1.57. The van der Waals surface area contributed by atoms with Crippen LogP contribution in [0.2, 0.25) is 0 Å². The third-order valence-electron chi connectivity index (χ3n) is 2.01. The smallest absolute Gasteiger partial charge is 0.0787 e. The van der Waals surface area contributed by atoms with Gasteiger partial charge in [-0.3, -0.25) is 0 Å². The zero-order valence-electron chi connectivity index (χ0n) is 6.97. The lowest BCUT2D eigenvalue weighted by Crippen LogP contribution is -1.76. The van der Waals surface area contributed by atoms with Crippen LogP contribution in [0.15, 0.2) is 21.8 Å². The lowest BCUT2D eigenvalue weighted by molar-refractivity contribution is 0.335. The first-order chi connectivity index (χ1) is 5.74. The Labute approximate surface area is 90.1 Å². The number of allylic oxidation sites excluding steroid dienone is 2. The molecule has 1 aliphatic rings. The molecule has 1 nitrogen and oxygen atoms in total. The summed E-state index contributed by atoms with van der Waals surface area (Å²) in [5, 5.41) is 0. The minimum Gasteiger partial charge on any atom is -0.505 e. The summed E-state index contributed by atoms with van der Waals surface area (Å²) in [6, 6.07) is 0. The van der Waals surface area contributed by atoms with Crippen LogP contribution < -0.4 is 0 Å². The molecule has 1 aliphatic carbocycles. The second kappa shape index (κ2) is 5.07. The molecule has 0 saturated heterocycles. The summed E-state index contributed by atoms with van der Waals surface area (Å²) in [7, 11) is 1.68. The number of halogens is 2. The van der Waals surface area contributed by atoms with E-state index in [4.69, 9.17) is 4.74 Å². The molecule has 2 atom stereocenters.